The first kappa shape index (κ1) is 14.5. The summed E-state index contributed by atoms with van der Waals surface area (Å²) in [6, 6.07) is 9.96. The summed E-state index contributed by atoms with van der Waals surface area (Å²) in [5.74, 6) is -0.574. The normalized spacial score (nSPS) is 24.3. The van der Waals surface area contributed by atoms with Crippen LogP contribution in [0, 0.1) is 0 Å². The molecule has 2 fully saturated rings. The van der Waals surface area contributed by atoms with E-state index in [0.717, 1.165) is 5.56 Å². The average Bonchev–Trinajstić information content (AvgIpc) is 2.48. The van der Waals surface area contributed by atoms with E-state index >= 15 is 0 Å². The molecule has 21 heavy (non-hydrogen) atoms. The van der Waals surface area contributed by atoms with Crippen molar-refractivity contribution in [3.05, 3.63) is 35.9 Å². The van der Waals surface area contributed by atoms with Gasteiger partial charge in [-0.3, -0.25) is 4.79 Å². The first-order chi connectivity index (χ1) is 9.98. The van der Waals surface area contributed by atoms with Gasteiger partial charge in [0.25, 0.3) is 0 Å². The third-order valence-electron chi connectivity index (χ3n) is 3.92. The van der Waals surface area contributed by atoms with Crippen LogP contribution in [0.1, 0.15) is 19.4 Å². The van der Waals surface area contributed by atoms with E-state index < -0.39 is 11.4 Å². The molecule has 0 aromatic heterocycles. The predicted octanol–water partition coefficient (Wildman–Crippen LogP) is 1.57. The number of carbonyl (C=O) groups is 1. The van der Waals surface area contributed by atoms with Crippen molar-refractivity contribution in [2.24, 2.45) is 0 Å². The molecule has 2 aliphatic rings. The summed E-state index contributed by atoms with van der Waals surface area (Å²) < 4.78 is 17.2. The van der Waals surface area contributed by atoms with Gasteiger partial charge in [0.15, 0.2) is 5.79 Å². The summed E-state index contributed by atoms with van der Waals surface area (Å²) in [6.07, 6.45) is 0. The molecule has 0 aliphatic carbocycles. The minimum atomic E-state index is -0.583. The molecular weight excluding hydrogens is 270 g/mol. The van der Waals surface area contributed by atoms with Crippen molar-refractivity contribution < 1.29 is 19.0 Å². The van der Waals surface area contributed by atoms with Crippen LogP contribution in [0.15, 0.2) is 30.3 Å². The van der Waals surface area contributed by atoms with E-state index in [1.807, 2.05) is 49.1 Å². The summed E-state index contributed by atoms with van der Waals surface area (Å²) in [5, 5.41) is 0. The number of rotatable bonds is 2. The molecule has 0 bridgehead atoms. The highest BCUT2D eigenvalue weighted by molar-refractivity contribution is 5.78. The first-order valence-electron chi connectivity index (χ1n) is 7.22. The van der Waals surface area contributed by atoms with Crippen molar-refractivity contribution in [2.75, 3.05) is 26.4 Å². The van der Waals surface area contributed by atoms with Gasteiger partial charge in [0.2, 0.25) is 5.91 Å². The van der Waals surface area contributed by atoms with Crippen molar-refractivity contribution in [1.82, 2.24) is 4.90 Å². The third kappa shape index (κ3) is 3.26. The van der Waals surface area contributed by atoms with E-state index in [2.05, 4.69) is 0 Å². The van der Waals surface area contributed by atoms with Gasteiger partial charge in [0, 0.05) is 6.54 Å². The summed E-state index contributed by atoms with van der Waals surface area (Å²) in [7, 11) is 0. The molecule has 1 aromatic rings. The van der Waals surface area contributed by atoms with E-state index in [-0.39, 0.29) is 12.5 Å². The topological polar surface area (TPSA) is 48.0 Å². The van der Waals surface area contributed by atoms with Crippen molar-refractivity contribution in [3.63, 3.8) is 0 Å². The monoisotopic (exact) mass is 291 g/mol. The number of benzene rings is 1. The van der Waals surface area contributed by atoms with E-state index in [0.29, 0.717) is 26.3 Å². The first-order valence-corrected chi connectivity index (χ1v) is 7.22. The Labute approximate surface area is 124 Å². The molecule has 114 valence electrons. The van der Waals surface area contributed by atoms with Gasteiger partial charge in [-0.1, -0.05) is 30.3 Å². The van der Waals surface area contributed by atoms with Gasteiger partial charge in [-0.05, 0) is 19.4 Å². The molecule has 1 aromatic carbocycles. The van der Waals surface area contributed by atoms with E-state index in [1.165, 1.54) is 0 Å². The molecular formula is C16H21NO4. The van der Waals surface area contributed by atoms with Crippen LogP contribution < -0.4 is 0 Å². The van der Waals surface area contributed by atoms with Gasteiger partial charge >= 0.3 is 0 Å². The lowest BCUT2D eigenvalue weighted by molar-refractivity contribution is -0.316. The molecule has 2 saturated heterocycles. The van der Waals surface area contributed by atoms with Crippen molar-refractivity contribution in [2.45, 2.75) is 31.8 Å². The Bertz CT molecular complexity index is 504. The third-order valence-corrected chi connectivity index (χ3v) is 3.92. The standard InChI is InChI=1S/C16H21NO4/c1-15(2)20-11-16(12-21-15)10-17(14(18)9-19-16)8-13-6-4-3-5-7-13/h3-7H,8-12H2,1-2H3. The molecule has 2 aliphatic heterocycles. The van der Waals surface area contributed by atoms with Crippen LogP contribution in [-0.2, 0) is 25.5 Å². The lowest BCUT2D eigenvalue weighted by atomic mass is 10.0. The fraction of sp³-hybridized carbons (Fsp3) is 0.562. The molecule has 2 heterocycles. The number of hydrogen-bond donors (Lipinski definition) is 0. The minimum absolute atomic E-state index is 0.00862. The second kappa shape index (κ2) is 5.40. The SMILES string of the molecule is CC1(C)OCC2(CO1)CN(Cc1ccccc1)C(=O)CO2. The largest absolute Gasteiger partial charge is 0.358 e. The van der Waals surface area contributed by atoms with Crippen LogP contribution in [0.4, 0.5) is 0 Å². The Hall–Kier alpha value is -1.43. The molecule has 0 radical (unpaired) electrons. The number of hydrogen-bond acceptors (Lipinski definition) is 4. The van der Waals surface area contributed by atoms with E-state index in [9.17, 15) is 4.79 Å². The molecule has 0 saturated carbocycles. The Morgan fingerprint density at radius 3 is 2.43 bits per heavy atom. The summed E-state index contributed by atoms with van der Waals surface area (Å²) in [5.41, 5.74) is 0.568. The zero-order valence-corrected chi connectivity index (χ0v) is 12.5. The maximum atomic E-state index is 12.1. The molecule has 0 unspecified atom stereocenters. The van der Waals surface area contributed by atoms with Crippen molar-refractivity contribution in [1.29, 1.82) is 0 Å². The van der Waals surface area contributed by atoms with Crippen LogP contribution in [0.5, 0.6) is 0 Å². The van der Waals surface area contributed by atoms with Crippen LogP contribution >= 0.6 is 0 Å². The number of carbonyl (C=O) groups excluding carboxylic acids is 1. The number of morpholine rings is 1. The van der Waals surface area contributed by atoms with Crippen molar-refractivity contribution >= 4 is 5.91 Å². The molecule has 0 atom stereocenters. The summed E-state index contributed by atoms with van der Waals surface area (Å²) in [6.45, 7) is 5.83. The number of ether oxygens (including phenoxy) is 3. The Balaban J connectivity index is 1.69. The van der Waals surface area contributed by atoms with Crippen LogP contribution in [0.3, 0.4) is 0 Å². The number of nitrogens with zero attached hydrogens (tertiary/aromatic N) is 1. The lowest BCUT2D eigenvalue weighted by Crippen LogP contribution is -2.62. The van der Waals surface area contributed by atoms with Gasteiger partial charge in [-0.15, -0.1) is 0 Å². The van der Waals surface area contributed by atoms with Crippen LogP contribution in [-0.4, -0.2) is 48.6 Å². The highest BCUT2D eigenvalue weighted by atomic mass is 16.7. The Kier molecular flexibility index (Phi) is 3.73. The predicted molar refractivity (Wildman–Crippen MR) is 76.5 cm³/mol. The van der Waals surface area contributed by atoms with Crippen LogP contribution in [0.2, 0.25) is 0 Å². The molecule has 5 nitrogen and oxygen atoms in total. The smallest absolute Gasteiger partial charge is 0.249 e. The van der Waals surface area contributed by atoms with Crippen LogP contribution in [0.25, 0.3) is 0 Å². The fourth-order valence-electron chi connectivity index (χ4n) is 2.60. The molecule has 5 heteroatoms. The van der Waals surface area contributed by atoms with Crippen molar-refractivity contribution in [3.8, 4) is 0 Å². The maximum absolute atomic E-state index is 12.1. The molecule has 3 rings (SSSR count). The fourth-order valence-corrected chi connectivity index (χ4v) is 2.60. The van der Waals surface area contributed by atoms with E-state index in [1.54, 1.807) is 0 Å². The van der Waals surface area contributed by atoms with Gasteiger partial charge in [0.05, 0.1) is 19.8 Å². The minimum Gasteiger partial charge on any atom is -0.358 e. The molecule has 1 spiro atoms. The van der Waals surface area contributed by atoms with Gasteiger partial charge < -0.3 is 19.1 Å². The molecule has 1 amide bonds. The lowest BCUT2D eigenvalue weighted by Gasteiger charge is -2.47. The second-order valence-electron chi connectivity index (χ2n) is 6.18. The second-order valence-corrected chi connectivity index (χ2v) is 6.18. The van der Waals surface area contributed by atoms with E-state index in [4.69, 9.17) is 14.2 Å². The highest BCUT2D eigenvalue weighted by Gasteiger charge is 2.46. The number of amides is 1. The maximum Gasteiger partial charge on any atom is 0.249 e. The van der Waals surface area contributed by atoms with Gasteiger partial charge in [-0.2, -0.15) is 0 Å². The zero-order valence-electron chi connectivity index (χ0n) is 12.5. The summed E-state index contributed by atoms with van der Waals surface area (Å²) >= 11 is 0. The zero-order chi connectivity index (χ0) is 14.9. The Morgan fingerprint density at radius 1 is 1.10 bits per heavy atom. The Morgan fingerprint density at radius 2 is 1.76 bits per heavy atom. The van der Waals surface area contributed by atoms with Gasteiger partial charge in [0.1, 0.15) is 12.2 Å². The summed E-state index contributed by atoms with van der Waals surface area (Å²) in [4.78, 5) is 13.9. The van der Waals surface area contributed by atoms with Gasteiger partial charge in [-0.25, -0.2) is 0 Å². The molecule has 0 N–H and O–H groups in total. The highest BCUT2D eigenvalue weighted by Crippen LogP contribution is 2.29. The quantitative estimate of drug-likeness (QED) is 0.830. The average molecular weight is 291 g/mol.